The van der Waals surface area contributed by atoms with Gasteiger partial charge in [-0.15, -0.1) is 0 Å². The normalized spacial score (nSPS) is 11.2. The number of sulfonamides is 1. The van der Waals surface area contributed by atoms with Gasteiger partial charge in [0.15, 0.2) is 5.03 Å². The van der Waals surface area contributed by atoms with Crippen LogP contribution in [0, 0.1) is 17.0 Å². The molecule has 2 rings (SSSR count). The average Bonchev–Trinajstić information content (AvgIpc) is 2.81. The number of aromatic amines is 1. The lowest BCUT2D eigenvalue weighted by Gasteiger charge is -2.07. The lowest BCUT2D eigenvalue weighted by molar-refractivity contribution is -0.383. The molecule has 0 saturated heterocycles. The van der Waals surface area contributed by atoms with Gasteiger partial charge < -0.3 is 0 Å². The summed E-state index contributed by atoms with van der Waals surface area (Å²) >= 11 is 0. The fraction of sp³-hybridized carbons (Fsp3) is 0.100. The number of benzene rings is 1. The summed E-state index contributed by atoms with van der Waals surface area (Å²) in [6.07, 6.45) is 1.28. The molecule has 0 unspecified atom stereocenters. The predicted molar refractivity (Wildman–Crippen MR) is 67.2 cm³/mol. The number of rotatable bonds is 4. The van der Waals surface area contributed by atoms with Gasteiger partial charge in [0, 0.05) is 6.07 Å². The quantitative estimate of drug-likeness (QED) is 0.649. The first-order chi connectivity index (χ1) is 8.90. The van der Waals surface area contributed by atoms with E-state index in [0.29, 0.717) is 5.56 Å². The molecule has 0 amide bonds. The van der Waals surface area contributed by atoms with E-state index in [1.807, 2.05) is 0 Å². The number of hydrogen-bond acceptors (Lipinski definition) is 5. The lowest BCUT2D eigenvalue weighted by atomic mass is 10.2. The van der Waals surface area contributed by atoms with E-state index in [1.165, 1.54) is 30.5 Å². The molecule has 1 aromatic heterocycles. The average molecular weight is 282 g/mol. The zero-order chi connectivity index (χ0) is 14.0. The van der Waals surface area contributed by atoms with Gasteiger partial charge in [-0.3, -0.25) is 19.9 Å². The number of nitrogens with zero attached hydrogens (tertiary/aromatic N) is 2. The standard InChI is InChI=1S/C10H10N4O4S/c1-7-2-3-9(14(15)16)8(6-7)13-19(17,18)10-4-5-11-12-10/h2-6,13H,1H3,(H,11,12). The summed E-state index contributed by atoms with van der Waals surface area (Å²) in [5, 5.41) is 16.5. The van der Waals surface area contributed by atoms with Crippen molar-refractivity contribution in [2.75, 3.05) is 4.72 Å². The van der Waals surface area contributed by atoms with Gasteiger partial charge in [0.05, 0.1) is 11.1 Å². The Morgan fingerprint density at radius 3 is 2.68 bits per heavy atom. The molecule has 2 N–H and O–H groups in total. The molecule has 1 aromatic carbocycles. The molecule has 100 valence electrons. The molecule has 0 aliphatic heterocycles. The maximum Gasteiger partial charge on any atom is 0.293 e. The van der Waals surface area contributed by atoms with Crippen LogP contribution in [0.2, 0.25) is 0 Å². The van der Waals surface area contributed by atoms with Crippen molar-refractivity contribution in [3.8, 4) is 0 Å². The Hall–Kier alpha value is -2.42. The van der Waals surface area contributed by atoms with E-state index in [1.54, 1.807) is 6.92 Å². The number of aromatic nitrogens is 2. The molecule has 0 aliphatic carbocycles. The van der Waals surface area contributed by atoms with E-state index in [2.05, 4.69) is 14.9 Å². The smallest absolute Gasteiger partial charge is 0.272 e. The molecule has 0 spiro atoms. The molecule has 0 atom stereocenters. The number of aryl methyl sites for hydroxylation is 1. The first kappa shape index (κ1) is 13.0. The van der Waals surface area contributed by atoms with Crippen LogP contribution in [0.1, 0.15) is 5.56 Å². The minimum atomic E-state index is -3.92. The predicted octanol–water partition coefficient (Wildman–Crippen LogP) is 1.43. The first-order valence-corrected chi connectivity index (χ1v) is 6.66. The summed E-state index contributed by atoms with van der Waals surface area (Å²) in [5.74, 6) is 0. The molecule has 2 aromatic rings. The number of H-pyrrole nitrogens is 1. The highest BCUT2D eigenvalue weighted by Gasteiger charge is 2.21. The molecule has 0 radical (unpaired) electrons. The SMILES string of the molecule is Cc1ccc([N+](=O)[O-])c(NS(=O)(=O)c2ccn[nH]2)c1. The Labute approximate surface area is 108 Å². The third-order valence-electron chi connectivity index (χ3n) is 2.36. The summed E-state index contributed by atoms with van der Waals surface area (Å²) < 4.78 is 26.1. The summed E-state index contributed by atoms with van der Waals surface area (Å²) in [6, 6.07) is 5.43. The highest BCUT2D eigenvalue weighted by Crippen LogP contribution is 2.27. The molecule has 0 fully saturated rings. The van der Waals surface area contributed by atoms with Crippen molar-refractivity contribution in [2.24, 2.45) is 0 Å². The van der Waals surface area contributed by atoms with E-state index in [-0.39, 0.29) is 16.4 Å². The third-order valence-corrected chi connectivity index (χ3v) is 3.65. The van der Waals surface area contributed by atoms with Crippen molar-refractivity contribution < 1.29 is 13.3 Å². The van der Waals surface area contributed by atoms with Crippen molar-refractivity contribution in [1.82, 2.24) is 10.2 Å². The van der Waals surface area contributed by atoms with Crippen LogP contribution in [-0.2, 0) is 10.0 Å². The molecular weight excluding hydrogens is 272 g/mol. The summed E-state index contributed by atoms with van der Waals surface area (Å²) in [5.41, 5.74) is 0.307. The Bertz CT molecular complexity index is 709. The minimum Gasteiger partial charge on any atom is -0.272 e. The second-order valence-electron chi connectivity index (χ2n) is 3.80. The van der Waals surface area contributed by atoms with E-state index in [4.69, 9.17) is 0 Å². The Morgan fingerprint density at radius 1 is 1.37 bits per heavy atom. The molecule has 1 heterocycles. The maximum absolute atomic E-state index is 11.9. The minimum absolute atomic E-state index is 0.0837. The van der Waals surface area contributed by atoms with Gasteiger partial charge in [0.1, 0.15) is 5.69 Å². The molecule has 0 aliphatic rings. The van der Waals surface area contributed by atoms with Gasteiger partial charge in [-0.05, 0) is 24.6 Å². The van der Waals surface area contributed by atoms with Crippen LogP contribution >= 0.6 is 0 Å². The molecule has 0 bridgehead atoms. The van der Waals surface area contributed by atoms with E-state index < -0.39 is 14.9 Å². The Kier molecular flexibility index (Phi) is 3.21. The van der Waals surface area contributed by atoms with Gasteiger partial charge in [0.25, 0.3) is 15.7 Å². The van der Waals surface area contributed by atoms with Crippen LogP contribution in [-0.4, -0.2) is 23.5 Å². The van der Waals surface area contributed by atoms with Crippen LogP contribution in [0.5, 0.6) is 0 Å². The number of nitro groups is 1. The van der Waals surface area contributed by atoms with Crippen molar-refractivity contribution in [3.05, 3.63) is 46.1 Å². The second kappa shape index (κ2) is 4.69. The second-order valence-corrected chi connectivity index (χ2v) is 5.45. The fourth-order valence-electron chi connectivity index (χ4n) is 1.48. The van der Waals surface area contributed by atoms with Crippen LogP contribution in [0.3, 0.4) is 0 Å². The molecule has 8 nitrogen and oxygen atoms in total. The molecule has 9 heteroatoms. The van der Waals surface area contributed by atoms with Crippen LogP contribution < -0.4 is 4.72 Å². The van der Waals surface area contributed by atoms with E-state index in [9.17, 15) is 18.5 Å². The van der Waals surface area contributed by atoms with Gasteiger partial charge in [-0.25, -0.2) is 0 Å². The Morgan fingerprint density at radius 2 is 2.11 bits per heavy atom. The van der Waals surface area contributed by atoms with E-state index in [0.717, 1.165) is 0 Å². The van der Waals surface area contributed by atoms with Gasteiger partial charge in [0.2, 0.25) is 0 Å². The first-order valence-electron chi connectivity index (χ1n) is 5.17. The zero-order valence-electron chi connectivity index (χ0n) is 9.82. The third kappa shape index (κ3) is 2.71. The summed E-state index contributed by atoms with van der Waals surface area (Å²) in [4.78, 5) is 10.2. The number of anilines is 1. The summed E-state index contributed by atoms with van der Waals surface area (Å²) in [7, 11) is -3.92. The highest BCUT2D eigenvalue weighted by atomic mass is 32.2. The zero-order valence-corrected chi connectivity index (χ0v) is 10.6. The fourth-order valence-corrected chi connectivity index (χ4v) is 2.46. The molecule has 19 heavy (non-hydrogen) atoms. The number of hydrogen-bond donors (Lipinski definition) is 2. The number of nitrogens with one attached hydrogen (secondary N) is 2. The topological polar surface area (TPSA) is 118 Å². The van der Waals surface area contributed by atoms with Gasteiger partial charge >= 0.3 is 0 Å². The van der Waals surface area contributed by atoms with Crippen molar-refractivity contribution in [3.63, 3.8) is 0 Å². The largest absolute Gasteiger partial charge is 0.293 e. The van der Waals surface area contributed by atoms with E-state index >= 15 is 0 Å². The Balaban J connectivity index is 2.44. The highest BCUT2D eigenvalue weighted by molar-refractivity contribution is 7.92. The van der Waals surface area contributed by atoms with Crippen molar-refractivity contribution >= 4 is 21.4 Å². The monoisotopic (exact) mass is 282 g/mol. The van der Waals surface area contributed by atoms with Crippen molar-refractivity contribution in [1.29, 1.82) is 0 Å². The van der Waals surface area contributed by atoms with Crippen LogP contribution in [0.4, 0.5) is 11.4 Å². The molecular formula is C10H10N4O4S. The molecule has 0 saturated carbocycles. The maximum atomic E-state index is 11.9. The summed E-state index contributed by atoms with van der Waals surface area (Å²) in [6.45, 7) is 1.71. The lowest BCUT2D eigenvalue weighted by Crippen LogP contribution is -2.14. The number of nitro benzene ring substituents is 1. The van der Waals surface area contributed by atoms with Crippen molar-refractivity contribution in [2.45, 2.75) is 11.9 Å². The van der Waals surface area contributed by atoms with Gasteiger partial charge in [-0.1, -0.05) is 6.07 Å². The van der Waals surface area contributed by atoms with Gasteiger partial charge in [-0.2, -0.15) is 13.5 Å². The van der Waals surface area contributed by atoms with Crippen LogP contribution in [0.25, 0.3) is 0 Å². The van der Waals surface area contributed by atoms with Crippen LogP contribution in [0.15, 0.2) is 35.5 Å².